The van der Waals surface area contributed by atoms with Crippen LogP contribution in [0.3, 0.4) is 0 Å². The van der Waals surface area contributed by atoms with E-state index in [1.54, 1.807) is 24.1 Å². The van der Waals surface area contributed by atoms with Crippen molar-refractivity contribution in [2.24, 2.45) is 17.8 Å². The Hall–Kier alpha value is -3.05. The minimum Gasteiger partial charge on any atom is -0.487 e. The van der Waals surface area contributed by atoms with Crippen LogP contribution in [0, 0.1) is 35.4 Å². The minimum atomic E-state index is -1.44. The second-order valence-electron chi connectivity index (χ2n) is 9.98. The van der Waals surface area contributed by atoms with E-state index >= 15 is 4.39 Å². The quantitative estimate of drug-likeness (QED) is 0.473. The molecule has 2 aromatic rings. The van der Waals surface area contributed by atoms with Crippen LogP contribution in [0.4, 0.5) is 14.9 Å². The Bertz CT molecular complexity index is 1170. The molecule has 4 rings (SSSR count). The lowest BCUT2D eigenvalue weighted by molar-refractivity contribution is 0.0269. The molecule has 0 spiro atoms. The number of anilines is 1. The topological polar surface area (TPSA) is 59.1 Å². The summed E-state index contributed by atoms with van der Waals surface area (Å²) in [7, 11) is 0.125. The van der Waals surface area contributed by atoms with Gasteiger partial charge in [-0.2, -0.15) is 0 Å². The molecule has 0 N–H and O–H groups in total. The fraction of sp³-hybridized carbons (Fsp3) is 0.483. The predicted octanol–water partition coefficient (Wildman–Crippen LogP) is 5.63. The molecule has 0 aromatic heterocycles. The summed E-state index contributed by atoms with van der Waals surface area (Å²) in [5.41, 5.74) is 0.785. The molecular weight excluding hydrogens is 491 g/mol. The number of halogens is 1. The predicted molar refractivity (Wildman–Crippen MR) is 146 cm³/mol. The van der Waals surface area contributed by atoms with Crippen LogP contribution in [0.15, 0.2) is 42.5 Å². The summed E-state index contributed by atoms with van der Waals surface area (Å²) >= 11 is 0. The maximum atomic E-state index is 15.5. The van der Waals surface area contributed by atoms with E-state index in [0.29, 0.717) is 18.8 Å². The first-order valence-electron chi connectivity index (χ1n) is 12.6. The van der Waals surface area contributed by atoms with Gasteiger partial charge in [0.2, 0.25) is 0 Å². The Balaban J connectivity index is 0.00000186. The Kier molecular flexibility index (Phi) is 9.25. The van der Waals surface area contributed by atoms with Crippen LogP contribution in [0.5, 0.6) is 5.75 Å². The van der Waals surface area contributed by atoms with Crippen molar-refractivity contribution in [3.05, 3.63) is 59.4 Å². The Morgan fingerprint density at radius 1 is 1.14 bits per heavy atom. The van der Waals surface area contributed by atoms with Gasteiger partial charge in [-0.25, -0.2) is 13.4 Å². The average molecular weight is 529 g/mol. The van der Waals surface area contributed by atoms with Crippen LogP contribution in [0.1, 0.15) is 45.7 Å². The van der Waals surface area contributed by atoms with Crippen molar-refractivity contribution < 1.29 is 22.9 Å². The smallest absolute Gasteiger partial charge is 0.410 e. The van der Waals surface area contributed by atoms with Crippen molar-refractivity contribution >= 4 is 22.8 Å². The maximum Gasteiger partial charge on any atom is 0.410 e. The van der Waals surface area contributed by atoms with E-state index in [9.17, 15) is 9.00 Å². The number of carbonyl (C=O) groups is 1. The molecule has 8 heteroatoms. The Morgan fingerprint density at radius 3 is 2.32 bits per heavy atom. The minimum absolute atomic E-state index is 0.126. The number of hydrogen-bond acceptors (Lipinski definition) is 4. The highest BCUT2D eigenvalue weighted by molar-refractivity contribution is 7.85. The zero-order chi connectivity index (χ0) is 27.3. The molecule has 200 valence electrons. The molecule has 2 fully saturated rings. The van der Waals surface area contributed by atoms with Crippen molar-refractivity contribution in [3.63, 3.8) is 0 Å². The molecule has 2 aliphatic rings. The summed E-state index contributed by atoms with van der Waals surface area (Å²) < 4.78 is 40.4. The number of fused-ring (bicyclic) bond motifs is 1. The number of piperidine rings is 1. The molecule has 3 unspecified atom stereocenters. The number of nitrogens with zero attached hydrogens (tertiary/aromatic N) is 2. The van der Waals surface area contributed by atoms with E-state index in [-0.39, 0.29) is 41.7 Å². The van der Waals surface area contributed by atoms with Crippen LogP contribution in [-0.2, 0) is 22.3 Å². The van der Waals surface area contributed by atoms with Crippen molar-refractivity contribution in [2.75, 3.05) is 30.7 Å². The summed E-state index contributed by atoms with van der Waals surface area (Å²) in [5.74, 6) is 6.64. The monoisotopic (exact) mass is 528 g/mol. The van der Waals surface area contributed by atoms with Gasteiger partial charge in [0, 0.05) is 32.3 Å². The van der Waals surface area contributed by atoms with Crippen molar-refractivity contribution in [1.29, 1.82) is 0 Å². The molecule has 3 atom stereocenters. The van der Waals surface area contributed by atoms with E-state index in [1.807, 2.05) is 65.0 Å². The first-order chi connectivity index (χ1) is 17.5. The zero-order valence-corrected chi connectivity index (χ0v) is 23.5. The van der Waals surface area contributed by atoms with Crippen LogP contribution in [0.2, 0.25) is 0 Å². The number of benzene rings is 2. The van der Waals surface area contributed by atoms with Gasteiger partial charge in [0.25, 0.3) is 0 Å². The van der Waals surface area contributed by atoms with Crippen molar-refractivity contribution in [2.45, 2.75) is 46.8 Å². The normalized spacial score (nSPS) is 20.4. The summed E-state index contributed by atoms with van der Waals surface area (Å²) in [6.45, 7) is 11.0. The number of carbonyl (C=O) groups excluding carboxylic acids is 1. The third kappa shape index (κ3) is 7.04. The summed E-state index contributed by atoms with van der Waals surface area (Å²) in [4.78, 5) is 14.0. The molecule has 1 aliphatic heterocycles. The first kappa shape index (κ1) is 28.5. The van der Waals surface area contributed by atoms with Gasteiger partial charge in [0.1, 0.15) is 34.6 Å². The number of amides is 1. The zero-order valence-electron chi connectivity index (χ0n) is 22.7. The Morgan fingerprint density at radius 2 is 1.76 bits per heavy atom. The van der Waals surface area contributed by atoms with Gasteiger partial charge in [-0.05, 0) is 50.3 Å². The maximum absolute atomic E-state index is 15.5. The van der Waals surface area contributed by atoms with Crippen molar-refractivity contribution in [1.82, 2.24) is 4.90 Å². The van der Waals surface area contributed by atoms with Gasteiger partial charge in [-0.1, -0.05) is 56.0 Å². The van der Waals surface area contributed by atoms with Crippen LogP contribution in [0.25, 0.3) is 0 Å². The molecule has 37 heavy (non-hydrogen) atoms. The second-order valence-corrected chi connectivity index (χ2v) is 11.4. The molecule has 0 radical (unpaired) electrons. The lowest BCUT2D eigenvalue weighted by Gasteiger charge is -2.25. The van der Waals surface area contributed by atoms with Crippen LogP contribution >= 0.6 is 0 Å². The van der Waals surface area contributed by atoms with E-state index in [0.717, 1.165) is 5.56 Å². The first-order valence-corrected chi connectivity index (χ1v) is 14.1. The standard InChI is InChI=1S/C27H31FN2O4S.C2H6/c1-27(2,3)34-26(31)30-15-21-20(22(21)16-30)13-11-19-12-14-23(25(24(19)28)29(4)35(5)32)33-17-18-9-7-6-8-10-18;1-2/h6-10,12,14,20-22H,15-17H2,1-5H3;1-2H3. The molecule has 0 bridgehead atoms. The molecule has 6 nitrogen and oxygen atoms in total. The Labute approximate surface area is 222 Å². The van der Waals surface area contributed by atoms with Gasteiger partial charge in [-0.3, -0.25) is 4.31 Å². The third-order valence-electron chi connectivity index (χ3n) is 6.24. The summed E-state index contributed by atoms with van der Waals surface area (Å²) in [6, 6.07) is 12.9. The van der Waals surface area contributed by atoms with Crippen LogP contribution in [-0.4, -0.2) is 47.2 Å². The number of hydrogen-bond donors (Lipinski definition) is 0. The lowest BCUT2D eigenvalue weighted by Crippen LogP contribution is -2.37. The van der Waals surface area contributed by atoms with Crippen LogP contribution < -0.4 is 9.04 Å². The molecule has 1 saturated heterocycles. The SMILES string of the molecule is CC.CN(c1c(OCc2ccccc2)ccc(C#CC2C3CN(C(=O)OC(C)(C)C)CC23)c1F)S(C)=O. The van der Waals surface area contributed by atoms with E-state index in [2.05, 4.69) is 11.8 Å². The second kappa shape index (κ2) is 12.0. The number of likely N-dealkylation sites (tertiary alicyclic amines) is 1. The van der Waals surface area contributed by atoms with Gasteiger partial charge in [-0.15, -0.1) is 0 Å². The molecule has 1 aliphatic carbocycles. The van der Waals surface area contributed by atoms with Gasteiger partial charge in [0.15, 0.2) is 5.82 Å². The molecular formula is C29H37FN2O4S. The number of rotatable bonds is 5. The number of ether oxygens (including phenoxy) is 2. The summed E-state index contributed by atoms with van der Waals surface area (Å²) in [5, 5.41) is 0. The van der Waals surface area contributed by atoms with E-state index < -0.39 is 22.4 Å². The van der Waals surface area contributed by atoms with Gasteiger partial charge >= 0.3 is 6.09 Å². The third-order valence-corrected chi connectivity index (χ3v) is 7.19. The van der Waals surface area contributed by atoms with E-state index in [1.165, 1.54) is 10.6 Å². The highest BCUT2D eigenvalue weighted by Crippen LogP contribution is 2.51. The fourth-order valence-electron chi connectivity index (χ4n) is 4.29. The molecule has 1 saturated carbocycles. The van der Waals surface area contributed by atoms with Gasteiger partial charge in [0.05, 0.1) is 5.56 Å². The molecule has 2 aromatic carbocycles. The largest absolute Gasteiger partial charge is 0.487 e. The van der Waals surface area contributed by atoms with E-state index in [4.69, 9.17) is 9.47 Å². The van der Waals surface area contributed by atoms with Gasteiger partial charge < -0.3 is 14.4 Å². The highest BCUT2D eigenvalue weighted by atomic mass is 32.2. The van der Waals surface area contributed by atoms with Crippen molar-refractivity contribution in [3.8, 4) is 17.6 Å². The summed E-state index contributed by atoms with van der Waals surface area (Å²) in [6.07, 6.45) is 1.19. The fourth-order valence-corrected chi connectivity index (χ4v) is 4.72. The molecule has 1 amide bonds. The molecule has 1 heterocycles. The highest BCUT2D eigenvalue weighted by Gasteiger charge is 2.56. The lowest BCUT2D eigenvalue weighted by atomic mass is 10.1. The average Bonchev–Trinajstić information content (AvgIpc) is 3.30.